The van der Waals surface area contributed by atoms with E-state index >= 15 is 0 Å². The Morgan fingerprint density at radius 3 is 2.67 bits per heavy atom. The molecule has 5 nitrogen and oxygen atoms in total. The van der Waals surface area contributed by atoms with Crippen molar-refractivity contribution >= 4 is 11.0 Å². The van der Waals surface area contributed by atoms with E-state index in [2.05, 4.69) is 18.7 Å². The molecular weight excluding hydrogens is 270 g/mol. The molecule has 0 spiro atoms. The van der Waals surface area contributed by atoms with Crippen molar-refractivity contribution in [3.05, 3.63) is 40.2 Å². The van der Waals surface area contributed by atoms with E-state index in [0.29, 0.717) is 12.1 Å². The van der Waals surface area contributed by atoms with Gasteiger partial charge in [0.25, 0.3) is 0 Å². The predicted octanol–water partition coefficient (Wildman–Crippen LogP) is 2.11. The number of rotatable bonds is 2. The molecule has 1 fully saturated rings. The van der Waals surface area contributed by atoms with Crippen molar-refractivity contribution < 1.29 is 14.3 Å². The molecule has 0 radical (unpaired) electrons. The lowest BCUT2D eigenvalue weighted by atomic mass is 10.1. The van der Waals surface area contributed by atoms with E-state index in [1.54, 1.807) is 12.1 Å². The first-order valence-corrected chi connectivity index (χ1v) is 7.15. The minimum atomic E-state index is -0.391. The van der Waals surface area contributed by atoms with Crippen LogP contribution in [0.25, 0.3) is 11.0 Å². The van der Waals surface area contributed by atoms with Gasteiger partial charge in [-0.1, -0.05) is 0 Å². The number of hydrogen-bond acceptors (Lipinski definition) is 5. The van der Waals surface area contributed by atoms with E-state index in [0.717, 1.165) is 24.0 Å². The van der Waals surface area contributed by atoms with Gasteiger partial charge in [-0.15, -0.1) is 0 Å². The zero-order valence-corrected chi connectivity index (χ0v) is 12.2. The van der Waals surface area contributed by atoms with Crippen LogP contribution in [0.3, 0.4) is 0 Å². The summed E-state index contributed by atoms with van der Waals surface area (Å²) in [6.07, 6.45) is 0.369. The lowest BCUT2D eigenvalue weighted by Gasteiger charge is -2.35. The molecular formula is C16H19NO4. The van der Waals surface area contributed by atoms with Crippen LogP contribution in [0, 0.1) is 0 Å². The molecule has 2 atom stereocenters. The van der Waals surface area contributed by atoms with Crippen LogP contribution in [0.2, 0.25) is 0 Å². The largest absolute Gasteiger partial charge is 0.508 e. The number of aromatic hydroxyl groups is 1. The van der Waals surface area contributed by atoms with E-state index in [1.807, 2.05) is 0 Å². The van der Waals surface area contributed by atoms with Gasteiger partial charge in [0.05, 0.1) is 12.2 Å². The molecule has 0 saturated carbocycles. The molecule has 1 N–H and O–H groups in total. The van der Waals surface area contributed by atoms with E-state index in [-0.39, 0.29) is 18.0 Å². The van der Waals surface area contributed by atoms with E-state index in [1.165, 1.54) is 12.1 Å². The molecule has 0 aliphatic carbocycles. The Labute approximate surface area is 122 Å². The average molecular weight is 289 g/mol. The van der Waals surface area contributed by atoms with Crippen LogP contribution < -0.4 is 5.63 Å². The number of benzene rings is 1. The maximum atomic E-state index is 11.7. The molecule has 112 valence electrons. The maximum Gasteiger partial charge on any atom is 0.336 e. The Morgan fingerprint density at radius 2 is 1.95 bits per heavy atom. The minimum absolute atomic E-state index is 0.0939. The van der Waals surface area contributed by atoms with Crippen molar-refractivity contribution in [1.82, 2.24) is 4.90 Å². The van der Waals surface area contributed by atoms with Crippen LogP contribution in [0.15, 0.2) is 33.5 Å². The Hall–Kier alpha value is -1.85. The first-order valence-electron chi connectivity index (χ1n) is 7.15. The lowest BCUT2D eigenvalue weighted by molar-refractivity contribution is -0.0704. The molecule has 0 bridgehead atoms. The van der Waals surface area contributed by atoms with Crippen LogP contribution in [0.1, 0.15) is 19.4 Å². The highest BCUT2D eigenvalue weighted by Gasteiger charge is 2.22. The monoisotopic (exact) mass is 289 g/mol. The second-order valence-electron chi connectivity index (χ2n) is 5.72. The fourth-order valence-electron chi connectivity index (χ4n) is 3.00. The van der Waals surface area contributed by atoms with Gasteiger partial charge in [0.2, 0.25) is 0 Å². The molecule has 1 aliphatic rings. The van der Waals surface area contributed by atoms with Crippen LogP contribution >= 0.6 is 0 Å². The standard InChI is InChI=1S/C16H19NO4/c1-10-7-17(8-11(2)20-10)9-12-5-16(19)21-15-6-13(18)3-4-14(12)15/h3-6,10-11,18H,7-9H2,1-2H3/t10-,11-/m0/s1. The van der Waals surface area contributed by atoms with Gasteiger partial charge < -0.3 is 14.3 Å². The number of nitrogens with zero attached hydrogens (tertiary/aromatic N) is 1. The van der Waals surface area contributed by atoms with Gasteiger partial charge in [-0.3, -0.25) is 4.90 Å². The Kier molecular flexibility index (Phi) is 3.69. The van der Waals surface area contributed by atoms with Crippen LogP contribution in [-0.4, -0.2) is 35.3 Å². The Morgan fingerprint density at radius 1 is 1.24 bits per heavy atom. The summed E-state index contributed by atoms with van der Waals surface area (Å²) in [6.45, 7) is 6.45. The SMILES string of the molecule is C[C@H]1CN(Cc2cc(=O)oc3cc(O)ccc23)C[C@H](C)O1. The third-order valence-electron chi connectivity index (χ3n) is 3.70. The van der Waals surface area contributed by atoms with Gasteiger partial charge in [-0.2, -0.15) is 0 Å². The normalized spacial score (nSPS) is 23.5. The Bertz CT molecular complexity index is 699. The molecule has 1 saturated heterocycles. The van der Waals surface area contributed by atoms with Gasteiger partial charge in [-0.05, 0) is 31.5 Å². The zero-order valence-electron chi connectivity index (χ0n) is 12.2. The summed E-state index contributed by atoms with van der Waals surface area (Å²) in [5.41, 5.74) is 0.951. The number of ether oxygens (including phenoxy) is 1. The van der Waals surface area contributed by atoms with Gasteiger partial charge in [0.15, 0.2) is 0 Å². The van der Waals surface area contributed by atoms with Crippen molar-refractivity contribution in [3.63, 3.8) is 0 Å². The van der Waals surface area contributed by atoms with Crippen molar-refractivity contribution in [2.24, 2.45) is 0 Å². The second kappa shape index (κ2) is 5.50. The number of hydrogen-bond donors (Lipinski definition) is 1. The smallest absolute Gasteiger partial charge is 0.336 e. The maximum absolute atomic E-state index is 11.7. The van der Waals surface area contributed by atoms with Crippen molar-refractivity contribution in [1.29, 1.82) is 0 Å². The van der Waals surface area contributed by atoms with Gasteiger partial charge in [-0.25, -0.2) is 4.79 Å². The predicted molar refractivity (Wildman–Crippen MR) is 79.4 cm³/mol. The first kappa shape index (κ1) is 14.1. The highest BCUT2D eigenvalue weighted by Crippen LogP contribution is 2.23. The van der Waals surface area contributed by atoms with E-state index in [9.17, 15) is 9.90 Å². The van der Waals surface area contributed by atoms with Crippen molar-refractivity contribution in [3.8, 4) is 5.75 Å². The molecule has 2 heterocycles. The molecule has 3 rings (SSSR count). The summed E-state index contributed by atoms with van der Waals surface area (Å²) >= 11 is 0. The van der Waals surface area contributed by atoms with Crippen molar-refractivity contribution in [2.45, 2.75) is 32.6 Å². The molecule has 1 aromatic heterocycles. The molecule has 1 aromatic carbocycles. The Balaban J connectivity index is 1.95. The molecule has 2 aromatic rings. The van der Waals surface area contributed by atoms with Gasteiger partial charge in [0.1, 0.15) is 11.3 Å². The van der Waals surface area contributed by atoms with E-state index < -0.39 is 5.63 Å². The van der Waals surface area contributed by atoms with Crippen LogP contribution in [-0.2, 0) is 11.3 Å². The summed E-state index contributed by atoms with van der Waals surface area (Å²) in [4.78, 5) is 14.0. The molecule has 5 heteroatoms. The molecule has 0 unspecified atom stereocenters. The van der Waals surface area contributed by atoms with E-state index in [4.69, 9.17) is 9.15 Å². The fourth-order valence-corrected chi connectivity index (χ4v) is 3.00. The molecule has 1 aliphatic heterocycles. The lowest BCUT2D eigenvalue weighted by Crippen LogP contribution is -2.44. The zero-order chi connectivity index (χ0) is 15.0. The summed E-state index contributed by atoms with van der Waals surface area (Å²) < 4.78 is 10.9. The third-order valence-corrected chi connectivity index (χ3v) is 3.70. The summed E-state index contributed by atoms with van der Waals surface area (Å²) in [7, 11) is 0. The average Bonchev–Trinajstić information content (AvgIpc) is 2.36. The second-order valence-corrected chi connectivity index (χ2v) is 5.72. The molecule has 0 amide bonds. The fraction of sp³-hybridized carbons (Fsp3) is 0.438. The highest BCUT2D eigenvalue weighted by molar-refractivity contribution is 5.81. The van der Waals surface area contributed by atoms with Crippen LogP contribution in [0.5, 0.6) is 5.75 Å². The number of phenolic OH excluding ortho intramolecular Hbond substituents is 1. The third kappa shape index (κ3) is 3.09. The minimum Gasteiger partial charge on any atom is -0.508 e. The topological polar surface area (TPSA) is 62.9 Å². The first-order chi connectivity index (χ1) is 10.0. The van der Waals surface area contributed by atoms with Crippen molar-refractivity contribution in [2.75, 3.05) is 13.1 Å². The summed E-state index contributed by atoms with van der Waals surface area (Å²) in [5.74, 6) is 0.0939. The van der Waals surface area contributed by atoms with Crippen LogP contribution in [0.4, 0.5) is 0 Å². The quantitative estimate of drug-likeness (QED) is 0.858. The summed E-state index contributed by atoms with van der Waals surface area (Å²) in [6, 6.07) is 6.40. The number of phenols is 1. The molecule has 21 heavy (non-hydrogen) atoms. The van der Waals surface area contributed by atoms with Gasteiger partial charge >= 0.3 is 5.63 Å². The number of morpholine rings is 1. The number of fused-ring (bicyclic) bond motifs is 1. The highest BCUT2D eigenvalue weighted by atomic mass is 16.5. The summed E-state index contributed by atoms with van der Waals surface area (Å²) in [5, 5.41) is 10.4. The van der Waals surface area contributed by atoms with Gasteiger partial charge in [0, 0.05) is 37.2 Å².